The molecule has 0 radical (unpaired) electrons. The summed E-state index contributed by atoms with van der Waals surface area (Å²) in [5.74, 6) is -2.29. The number of nitrogens with zero attached hydrogens (tertiary/aromatic N) is 3. The molecule has 94 valence electrons. The molecule has 1 aromatic heterocycles. The van der Waals surface area contributed by atoms with E-state index in [0.29, 0.717) is 0 Å². The Hall–Kier alpha value is -2.13. The number of aliphatic carboxylic acids is 1. The molecule has 0 amide bonds. The largest absolute Gasteiger partial charge is 0.481 e. The van der Waals surface area contributed by atoms with Crippen LogP contribution in [0.4, 0.5) is 19.0 Å². The number of hydrogen-bond acceptors (Lipinski definition) is 4. The second-order valence-electron chi connectivity index (χ2n) is 3.01. The Bertz CT molecular complexity index is 454. The lowest BCUT2D eigenvalue weighted by Crippen LogP contribution is -2.16. The van der Waals surface area contributed by atoms with Crippen molar-refractivity contribution in [1.82, 2.24) is 9.78 Å². The summed E-state index contributed by atoms with van der Waals surface area (Å²) in [6.45, 7) is -0.585. The second-order valence-corrected chi connectivity index (χ2v) is 3.01. The molecule has 0 bridgehead atoms. The molecule has 1 N–H and O–H groups in total. The summed E-state index contributed by atoms with van der Waals surface area (Å²) in [6, 6.07) is 0.266. The lowest BCUT2D eigenvalue weighted by Gasteiger charge is -2.05. The van der Waals surface area contributed by atoms with Crippen LogP contribution < -0.4 is 0 Å². The van der Waals surface area contributed by atoms with Crippen molar-refractivity contribution in [1.29, 1.82) is 0 Å². The molecule has 0 spiro atoms. The lowest BCUT2D eigenvalue weighted by atomic mass is 10.4. The van der Waals surface area contributed by atoms with E-state index < -0.39 is 41.5 Å². The van der Waals surface area contributed by atoms with Gasteiger partial charge >= 0.3 is 18.0 Å². The fourth-order valence-electron chi connectivity index (χ4n) is 1.09. The third-order valence-corrected chi connectivity index (χ3v) is 1.78. The highest BCUT2D eigenvalue weighted by Crippen LogP contribution is 2.31. The maximum absolute atomic E-state index is 12.4. The van der Waals surface area contributed by atoms with Gasteiger partial charge in [0.2, 0.25) is 0 Å². The Morgan fingerprint density at radius 1 is 1.59 bits per heavy atom. The number of aromatic nitrogens is 2. The minimum absolute atomic E-state index is 0.266. The number of rotatable bonds is 4. The first kappa shape index (κ1) is 12.9. The number of carbonyl (C=O) groups is 1. The van der Waals surface area contributed by atoms with E-state index in [1.165, 1.54) is 0 Å². The van der Waals surface area contributed by atoms with E-state index in [0.717, 1.165) is 0 Å². The zero-order chi connectivity index (χ0) is 13.2. The van der Waals surface area contributed by atoms with Crippen LogP contribution in [0.25, 0.3) is 0 Å². The predicted molar refractivity (Wildman–Crippen MR) is 46.1 cm³/mol. The van der Waals surface area contributed by atoms with E-state index in [4.69, 9.17) is 5.11 Å². The highest BCUT2D eigenvalue weighted by Gasteiger charge is 2.39. The summed E-state index contributed by atoms with van der Waals surface area (Å²) in [4.78, 5) is 19.4. The second kappa shape index (κ2) is 4.39. The van der Waals surface area contributed by atoms with Crippen molar-refractivity contribution in [3.05, 3.63) is 21.9 Å². The fraction of sp³-hybridized carbons (Fsp3) is 0.429. The molecule has 0 aliphatic heterocycles. The molecular weight excluding hydrogens is 247 g/mol. The number of carboxylic acid groups (broad SMARTS) is 1. The number of carboxylic acids is 1. The van der Waals surface area contributed by atoms with Gasteiger partial charge in [0.25, 0.3) is 0 Å². The van der Waals surface area contributed by atoms with Gasteiger partial charge < -0.3 is 15.2 Å². The Kier molecular flexibility index (Phi) is 3.34. The molecule has 10 heteroatoms. The first-order chi connectivity index (χ1) is 7.71. The maximum atomic E-state index is 12.4. The number of aryl methyl sites for hydroxylation is 1. The van der Waals surface area contributed by atoms with Crippen LogP contribution in [0.15, 0.2) is 6.07 Å². The van der Waals surface area contributed by atoms with Crippen LogP contribution in [0.2, 0.25) is 0 Å². The van der Waals surface area contributed by atoms with Gasteiger partial charge in [0.1, 0.15) is 0 Å². The third kappa shape index (κ3) is 3.16. The highest BCUT2D eigenvalue weighted by molar-refractivity contribution is 5.66. The standard InChI is InChI=1S/C7H6F3N3O4/c8-7(9,10)4-3-5(13(16)17)11-12(4)2-1-6(14)15/h3H,1-2H2,(H,14,15). The summed E-state index contributed by atoms with van der Waals surface area (Å²) < 4.78 is 37.5. The third-order valence-electron chi connectivity index (χ3n) is 1.78. The molecule has 0 aliphatic rings. The molecule has 17 heavy (non-hydrogen) atoms. The number of halogens is 3. The number of hydrogen-bond donors (Lipinski definition) is 1. The molecule has 0 unspecified atom stereocenters. The van der Waals surface area contributed by atoms with Crippen molar-refractivity contribution < 1.29 is 28.0 Å². The number of alkyl halides is 3. The Morgan fingerprint density at radius 2 is 2.18 bits per heavy atom. The van der Waals surface area contributed by atoms with E-state index in [2.05, 4.69) is 5.10 Å². The zero-order valence-electron chi connectivity index (χ0n) is 8.14. The number of nitro groups is 1. The molecule has 0 saturated heterocycles. The van der Waals surface area contributed by atoms with Gasteiger partial charge in [-0.3, -0.25) is 4.79 Å². The predicted octanol–water partition coefficient (Wildman–Crippen LogP) is 1.28. The average Bonchev–Trinajstić information content (AvgIpc) is 2.57. The molecule has 0 aliphatic carbocycles. The van der Waals surface area contributed by atoms with Crippen molar-refractivity contribution in [3.8, 4) is 0 Å². The Labute approximate surface area is 91.6 Å². The van der Waals surface area contributed by atoms with Crippen LogP contribution in [-0.2, 0) is 17.5 Å². The molecule has 1 heterocycles. The van der Waals surface area contributed by atoms with Crippen LogP contribution in [0.5, 0.6) is 0 Å². The summed E-state index contributed by atoms with van der Waals surface area (Å²) >= 11 is 0. The average molecular weight is 253 g/mol. The fourth-order valence-corrected chi connectivity index (χ4v) is 1.09. The van der Waals surface area contributed by atoms with Crippen molar-refractivity contribution in [2.24, 2.45) is 0 Å². The molecule has 0 saturated carbocycles. The maximum Gasteiger partial charge on any atom is 0.435 e. The van der Waals surface area contributed by atoms with Gasteiger partial charge in [-0.15, -0.1) is 0 Å². The SMILES string of the molecule is O=C(O)CCn1nc([N+](=O)[O-])cc1C(F)(F)F. The van der Waals surface area contributed by atoms with Gasteiger partial charge in [-0.05, 0) is 4.92 Å². The molecule has 1 rings (SSSR count). The van der Waals surface area contributed by atoms with Gasteiger partial charge in [0, 0.05) is 0 Å². The van der Waals surface area contributed by atoms with E-state index in [1.54, 1.807) is 0 Å². The van der Waals surface area contributed by atoms with Gasteiger partial charge in [0.05, 0.1) is 24.1 Å². The van der Waals surface area contributed by atoms with Gasteiger partial charge in [0.15, 0.2) is 5.69 Å². The van der Waals surface area contributed by atoms with E-state index >= 15 is 0 Å². The van der Waals surface area contributed by atoms with E-state index in [1.807, 2.05) is 0 Å². The Balaban J connectivity index is 3.08. The summed E-state index contributed by atoms with van der Waals surface area (Å²) in [6.07, 6.45) is -5.43. The van der Waals surface area contributed by atoms with Crippen LogP contribution in [0.3, 0.4) is 0 Å². The van der Waals surface area contributed by atoms with Crippen molar-refractivity contribution in [3.63, 3.8) is 0 Å². The van der Waals surface area contributed by atoms with E-state index in [9.17, 15) is 28.1 Å². The molecule has 7 nitrogen and oxygen atoms in total. The van der Waals surface area contributed by atoms with Gasteiger partial charge in [-0.1, -0.05) is 0 Å². The smallest absolute Gasteiger partial charge is 0.435 e. The van der Waals surface area contributed by atoms with Crippen LogP contribution in [0.1, 0.15) is 12.1 Å². The van der Waals surface area contributed by atoms with Crippen LogP contribution >= 0.6 is 0 Å². The summed E-state index contributed by atoms with van der Waals surface area (Å²) in [5, 5.41) is 21.7. The zero-order valence-corrected chi connectivity index (χ0v) is 8.14. The lowest BCUT2D eigenvalue weighted by molar-refractivity contribution is -0.389. The molecule has 0 atom stereocenters. The van der Waals surface area contributed by atoms with Crippen LogP contribution in [-0.4, -0.2) is 25.8 Å². The molecule has 1 aromatic rings. The Morgan fingerprint density at radius 3 is 2.59 bits per heavy atom. The summed E-state index contributed by atoms with van der Waals surface area (Å²) in [7, 11) is 0. The van der Waals surface area contributed by atoms with Crippen molar-refractivity contribution in [2.45, 2.75) is 19.1 Å². The monoisotopic (exact) mass is 253 g/mol. The van der Waals surface area contributed by atoms with Gasteiger partial charge in [-0.25, -0.2) is 0 Å². The van der Waals surface area contributed by atoms with E-state index in [-0.39, 0.29) is 10.7 Å². The first-order valence-corrected chi connectivity index (χ1v) is 4.23. The van der Waals surface area contributed by atoms with Gasteiger partial charge in [-0.2, -0.15) is 17.9 Å². The minimum atomic E-state index is -4.82. The molecule has 0 fully saturated rings. The minimum Gasteiger partial charge on any atom is -0.481 e. The van der Waals surface area contributed by atoms with Crippen molar-refractivity contribution >= 4 is 11.8 Å². The van der Waals surface area contributed by atoms with Crippen molar-refractivity contribution in [2.75, 3.05) is 0 Å². The van der Waals surface area contributed by atoms with Crippen LogP contribution in [0, 0.1) is 10.1 Å². The summed E-state index contributed by atoms with van der Waals surface area (Å²) in [5.41, 5.74) is -1.34. The normalized spacial score (nSPS) is 11.5. The highest BCUT2D eigenvalue weighted by atomic mass is 19.4. The first-order valence-electron chi connectivity index (χ1n) is 4.23. The molecule has 0 aromatic carbocycles. The quantitative estimate of drug-likeness (QED) is 0.643. The molecular formula is C7H6F3N3O4. The topological polar surface area (TPSA) is 98.3 Å².